The van der Waals surface area contributed by atoms with Crippen molar-refractivity contribution in [2.24, 2.45) is 5.92 Å². The van der Waals surface area contributed by atoms with Gasteiger partial charge in [-0.2, -0.15) is 0 Å². The lowest BCUT2D eigenvalue weighted by Crippen LogP contribution is -2.32. The first-order chi connectivity index (χ1) is 9.55. The van der Waals surface area contributed by atoms with Crippen LogP contribution in [0, 0.1) is 5.92 Å². The highest BCUT2D eigenvalue weighted by Crippen LogP contribution is 2.41. The molecule has 1 aromatic heterocycles. The van der Waals surface area contributed by atoms with Gasteiger partial charge in [0.15, 0.2) is 0 Å². The molecule has 1 unspecified atom stereocenters. The second kappa shape index (κ2) is 6.48. The molecule has 0 aromatic carbocycles. The smallest absolute Gasteiger partial charge is 0.248 e. The Morgan fingerprint density at radius 2 is 2.10 bits per heavy atom. The molecule has 0 spiro atoms. The molecule has 0 radical (unpaired) electrons. The molecule has 1 N–H and O–H groups in total. The van der Waals surface area contributed by atoms with Crippen LogP contribution >= 0.6 is 0 Å². The second-order valence-corrected chi connectivity index (χ2v) is 5.35. The average molecular weight is 284 g/mol. The molecule has 5 heteroatoms. The predicted octanol–water partition coefficient (Wildman–Crippen LogP) is 3.57. The zero-order valence-electron chi connectivity index (χ0n) is 12.0. The number of nitrogens with zero attached hydrogens (tertiary/aromatic N) is 1. The highest BCUT2D eigenvalue weighted by Gasteiger charge is 2.37. The van der Waals surface area contributed by atoms with E-state index >= 15 is 0 Å². The van der Waals surface area contributed by atoms with Crippen molar-refractivity contribution in [3.05, 3.63) is 24.0 Å². The Hall–Kier alpha value is -1.23. The van der Waals surface area contributed by atoms with Crippen LogP contribution in [0.3, 0.4) is 0 Å². The van der Waals surface area contributed by atoms with Crippen molar-refractivity contribution in [2.75, 3.05) is 13.7 Å². The van der Waals surface area contributed by atoms with Gasteiger partial charge >= 0.3 is 0 Å². The molecule has 1 aliphatic rings. The number of halogens is 2. The lowest BCUT2D eigenvalue weighted by molar-refractivity contribution is -0.0495. The van der Waals surface area contributed by atoms with Gasteiger partial charge in [-0.25, -0.2) is 8.78 Å². The van der Waals surface area contributed by atoms with Gasteiger partial charge in [-0.15, -0.1) is 0 Å². The van der Waals surface area contributed by atoms with Gasteiger partial charge < -0.3 is 10.1 Å². The van der Waals surface area contributed by atoms with E-state index in [2.05, 4.69) is 10.3 Å². The number of nitrogens with one attached hydrogen (secondary N) is 1. The van der Waals surface area contributed by atoms with Crippen LogP contribution in [-0.2, 0) is 0 Å². The average Bonchev–Trinajstić information content (AvgIpc) is 2.42. The molecule has 20 heavy (non-hydrogen) atoms. The highest BCUT2D eigenvalue weighted by molar-refractivity contribution is 5.26. The highest BCUT2D eigenvalue weighted by atomic mass is 19.3. The third-order valence-electron chi connectivity index (χ3n) is 3.95. The second-order valence-electron chi connectivity index (χ2n) is 5.35. The van der Waals surface area contributed by atoms with Crippen molar-refractivity contribution in [3.63, 3.8) is 0 Å². The minimum absolute atomic E-state index is 0.0194. The summed E-state index contributed by atoms with van der Waals surface area (Å²) in [7, 11) is 1.87. The van der Waals surface area contributed by atoms with Gasteiger partial charge in [-0.1, -0.05) is 0 Å². The van der Waals surface area contributed by atoms with E-state index in [1.807, 2.05) is 20.0 Å². The maximum absolute atomic E-state index is 13.3. The number of rotatable bonds is 5. The van der Waals surface area contributed by atoms with Crippen LogP contribution in [0.25, 0.3) is 0 Å². The number of aromatic nitrogens is 1. The van der Waals surface area contributed by atoms with Crippen LogP contribution in [-0.4, -0.2) is 24.6 Å². The van der Waals surface area contributed by atoms with Gasteiger partial charge in [0.25, 0.3) is 0 Å². The van der Waals surface area contributed by atoms with E-state index in [1.54, 1.807) is 12.4 Å². The molecule has 0 aliphatic heterocycles. The molecule has 3 nitrogen and oxygen atoms in total. The van der Waals surface area contributed by atoms with E-state index in [-0.39, 0.29) is 24.8 Å². The van der Waals surface area contributed by atoms with Crippen molar-refractivity contribution < 1.29 is 13.5 Å². The van der Waals surface area contributed by atoms with E-state index in [0.29, 0.717) is 19.4 Å². The van der Waals surface area contributed by atoms with Crippen molar-refractivity contribution in [2.45, 2.75) is 44.6 Å². The van der Waals surface area contributed by atoms with Crippen LogP contribution in [0.15, 0.2) is 18.5 Å². The third-order valence-corrected chi connectivity index (χ3v) is 3.95. The monoisotopic (exact) mass is 284 g/mol. The van der Waals surface area contributed by atoms with Gasteiger partial charge in [0, 0.05) is 25.1 Å². The van der Waals surface area contributed by atoms with Gasteiger partial charge in [0.1, 0.15) is 5.75 Å². The van der Waals surface area contributed by atoms with E-state index in [0.717, 1.165) is 11.3 Å². The van der Waals surface area contributed by atoms with Gasteiger partial charge in [0.2, 0.25) is 5.92 Å². The molecule has 1 heterocycles. The largest absolute Gasteiger partial charge is 0.492 e. The summed E-state index contributed by atoms with van der Waals surface area (Å²) in [6.45, 7) is 2.51. The zero-order chi connectivity index (χ0) is 14.6. The Balaban J connectivity index is 2.10. The number of ether oxygens (including phenoxy) is 1. The normalized spacial score (nSPS) is 20.6. The molecule has 1 saturated carbocycles. The molecule has 2 rings (SSSR count). The first-order valence-corrected chi connectivity index (χ1v) is 7.18. The number of alkyl halides is 2. The summed E-state index contributed by atoms with van der Waals surface area (Å²) in [6, 6.07) is 2.00. The van der Waals surface area contributed by atoms with Crippen molar-refractivity contribution >= 4 is 0 Å². The first kappa shape index (κ1) is 15.2. The fraction of sp³-hybridized carbons (Fsp3) is 0.667. The Labute approximate surface area is 118 Å². The molecule has 0 saturated heterocycles. The lowest BCUT2D eigenvalue weighted by atomic mass is 9.80. The van der Waals surface area contributed by atoms with Gasteiger partial charge in [0.05, 0.1) is 12.8 Å². The number of hydrogen-bond donors (Lipinski definition) is 1. The van der Waals surface area contributed by atoms with E-state index in [4.69, 9.17) is 4.74 Å². The number of hydrogen-bond acceptors (Lipinski definition) is 3. The molecule has 1 aromatic rings. The maximum atomic E-state index is 13.3. The van der Waals surface area contributed by atoms with Gasteiger partial charge in [-0.05, 0) is 44.4 Å². The number of pyridine rings is 1. The molecule has 1 atom stereocenters. The van der Waals surface area contributed by atoms with Gasteiger partial charge in [-0.3, -0.25) is 4.98 Å². The molecule has 112 valence electrons. The van der Waals surface area contributed by atoms with Crippen LogP contribution in [0.5, 0.6) is 5.75 Å². The standard InChI is InChI=1S/C15H22F2N2O/c1-3-20-13-8-12(9-19-10-13)14(18-2)11-4-6-15(16,17)7-5-11/h8-11,14,18H,3-7H2,1-2H3. The van der Waals surface area contributed by atoms with Crippen LogP contribution < -0.4 is 10.1 Å². The topological polar surface area (TPSA) is 34.1 Å². The third kappa shape index (κ3) is 3.66. The van der Waals surface area contributed by atoms with E-state index in [1.165, 1.54) is 0 Å². The SMILES string of the molecule is CCOc1cncc(C(NC)C2CCC(F)(F)CC2)c1. The summed E-state index contributed by atoms with van der Waals surface area (Å²) in [6.07, 6.45) is 4.50. The minimum atomic E-state index is -2.49. The van der Waals surface area contributed by atoms with Crippen molar-refractivity contribution in [1.29, 1.82) is 0 Å². The molecular formula is C15H22F2N2O. The van der Waals surface area contributed by atoms with Crippen LogP contribution in [0.4, 0.5) is 8.78 Å². The van der Waals surface area contributed by atoms with Crippen molar-refractivity contribution in [1.82, 2.24) is 10.3 Å². The summed E-state index contributed by atoms with van der Waals surface area (Å²) >= 11 is 0. The molecule has 0 amide bonds. The molecule has 1 aliphatic carbocycles. The lowest BCUT2D eigenvalue weighted by Gasteiger charge is -2.33. The summed E-state index contributed by atoms with van der Waals surface area (Å²) in [4.78, 5) is 4.18. The molecule has 1 fully saturated rings. The Morgan fingerprint density at radius 1 is 1.40 bits per heavy atom. The predicted molar refractivity (Wildman–Crippen MR) is 74.1 cm³/mol. The maximum Gasteiger partial charge on any atom is 0.248 e. The summed E-state index contributed by atoms with van der Waals surface area (Å²) in [5.74, 6) is -1.54. The fourth-order valence-electron chi connectivity index (χ4n) is 2.92. The van der Waals surface area contributed by atoms with Crippen LogP contribution in [0.1, 0.15) is 44.2 Å². The minimum Gasteiger partial charge on any atom is -0.492 e. The summed E-state index contributed by atoms with van der Waals surface area (Å²) < 4.78 is 32.0. The van der Waals surface area contributed by atoms with Crippen LogP contribution in [0.2, 0.25) is 0 Å². The summed E-state index contributed by atoms with van der Waals surface area (Å²) in [5, 5.41) is 3.24. The quantitative estimate of drug-likeness (QED) is 0.897. The first-order valence-electron chi connectivity index (χ1n) is 7.18. The fourth-order valence-corrected chi connectivity index (χ4v) is 2.92. The van der Waals surface area contributed by atoms with E-state index < -0.39 is 5.92 Å². The Bertz CT molecular complexity index is 430. The molecular weight excluding hydrogens is 262 g/mol. The zero-order valence-corrected chi connectivity index (χ0v) is 12.0. The Kier molecular flexibility index (Phi) is 4.91. The Morgan fingerprint density at radius 3 is 2.70 bits per heavy atom. The molecule has 0 bridgehead atoms. The summed E-state index contributed by atoms with van der Waals surface area (Å²) in [5.41, 5.74) is 1.01. The van der Waals surface area contributed by atoms with E-state index in [9.17, 15) is 8.78 Å². The van der Waals surface area contributed by atoms with Crippen molar-refractivity contribution in [3.8, 4) is 5.75 Å².